The van der Waals surface area contributed by atoms with Crippen LogP contribution in [0.5, 0.6) is 0 Å². The van der Waals surface area contributed by atoms with Gasteiger partial charge in [-0.1, -0.05) is 67.4 Å². The van der Waals surface area contributed by atoms with Crippen molar-refractivity contribution >= 4 is 34.6 Å². The Balaban J connectivity index is 1.89. The largest absolute Gasteiger partial charge is 0.339 e. The molecule has 4 heteroatoms. The van der Waals surface area contributed by atoms with E-state index in [0.29, 0.717) is 11.6 Å². The highest BCUT2D eigenvalue weighted by atomic mass is 35.5. The summed E-state index contributed by atoms with van der Waals surface area (Å²) in [5.74, 6) is 0.0158. The van der Waals surface area contributed by atoms with Gasteiger partial charge in [0.15, 0.2) is 0 Å². The van der Waals surface area contributed by atoms with E-state index in [1.165, 1.54) is 0 Å². The van der Waals surface area contributed by atoms with Crippen molar-refractivity contribution in [2.24, 2.45) is 0 Å². The maximum atomic E-state index is 13.6. The van der Waals surface area contributed by atoms with Gasteiger partial charge in [-0.25, -0.2) is 0 Å². The number of unbranched alkanes of at least 4 members (excludes halogenated alkanes) is 1. The number of carbonyl (C=O) groups is 1. The van der Waals surface area contributed by atoms with Gasteiger partial charge in [-0.05, 0) is 42.3 Å². The predicted molar refractivity (Wildman–Crippen MR) is 117 cm³/mol. The molecule has 1 heterocycles. The number of hydrogen-bond acceptors (Lipinski definition) is 2. The standard InChI is InChI=1S/C24H23ClN2O/c1-2-3-15-26-21-12-8-7-11-20(21)24(28)27(17-18-9-5-4-6-10-18)22-14-13-19(25)16-23(22)26/h4-14,16H,2-3,15,17H2,1H3. The number of rotatable bonds is 5. The van der Waals surface area contributed by atoms with E-state index in [4.69, 9.17) is 11.6 Å². The summed E-state index contributed by atoms with van der Waals surface area (Å²) >= 11 is 6.37. The van der Waals surface area contributed by atoms with Gasteiger partial charge < -0.3 is 9.80 Å². The Hall–Kier alpha value is -2.78. The minimum Gasteiger partial charge on any atom is -0.339 e. The highest BCUT2D eigenvalue weighted by molar-refractivity contribution is 6.31. The molecule has 0 aromatic heterocycles. The van der Waals surface area contributed by atoms with Crippen LogP contribution < -0.4 is 9.80 Å². The number of fused-ring (bicyclic) bond motifs is 2. The normalized spacial score (nSPS) is 13.1. The first-order valence-electron chi connectivity index (χ1n) is 9.71. The number of benzene rings is 3. The van der Waals surface area contributed by atoms with Crippen LogP contribution in [0.15, 0.2) is 72.8 Å². The van der Waals surface area contributed by atoms with Gasteiger partial charge in [0, 0.05) is 11.6 Å². The van der Waals surface area contributed by atoms with Crippen molar-refractivity contribution in [3.8, 4) is 0 Å². The van der Waals surface area contributed by atoms with Crippen molar-refractivity contribution in [2.75, 3.05) is 16.3 Å². The number of amides is 1. The monoisotopic (exact) mass is 390 g/mol. The lowest BCUT2D eigenvalue weighted by atomic mass is 10.1. The van der Waals surface area contributed by atoms with Gasteiger partial charge in [-0.3, -0.25) is 4.79 Å². The van der Waals surface area contributed by atoms with Crippen LogP contribution in [-0.2, 0) is 6.54 Å². The summed E-state index contributed by atoms with van der Waals surface area (Å²) in [4.78, 5) is 17.7. The zero-order valence-electron chi connectivity index (χ0n) is 15.9. The van der Waals surface area contributed by atoms with Crippen molar-refractivity contribution < 1.29 is 4.79 Å². The quantitative estimate of drug-likeness (QED) is 0.500. The molecule has 0 saturated carbocycles. The molecule has 0 unspecified atom stereocenters. The number of hydrogen-bond donors (Lipinski definition) is 0. The van der Waals surface area contributed by atoms with Crippen LogP contribution in [-0.4, -0.2) is 12.5 Å². The Labute approximate surface area is 171 Å². The Morgan fingerprint density at radius 3 is 2.36 bits per heavy atom. The molecule has 0 spiro atoms. The average molecular weight is 391 g/mol. The molecular formula is C24H23ClN2O. The van der Waals surface area contributed by atoms with Crippen LogP contribution in [0.25, 0.3) is 0 Å². The fraction of sp³-hybridized carbons (Fsp3) is 0.208. The number of carbonyl (C=O) groups excluding carboxylic acids is 1. The minimum absolute atomic E-state index is 0.0158. The molecule has 1 aliphatic heterocycles. The molecule has 0 atom stereocenters. The third-order valence-electron chi connectivity index (χ3n) is 5.11. The van der Waals surface area contributed by atoms with Crippen LogP contribution in [0, 0.1) is 0 Å². The first kappa shape index (κ1) is 18.6. The Morgan fingerprint density at radius 1 is 0.821 bits per heavy atom. The summed E-state index contributed by atoms with van der Waals surface area (Å²) in [6, 6.07) is 23.8. The molecule has 3 aromatic rings. The van der Waals surface area contributed by atoms with E-state index in [1.807, 2.05) is 65.6 Å². The van der Waals surface area contributed by atoms with Gasteiger partial charge in [-0.2, -0.15) is 0 Å². The van der Waals surface area contributed by atoms with E-state index in [1.54, 1.807) is 0 Å². The van der Waals surface area contributed by atoms with Gasteiger partial charge in [0.1, 0.15) is 0 Å². The molecule has 0 saturated heterocycles. The van der Waals surface area contributed by atoms with Crippen LogP contribution in [0.3, 0.4) is 0 Å². The molecule has 28 heavy (non-hydrogen) atoms. The summed E-state index contributed by atoms with van der Waals surface area (Å²) in [6.45, 7) is 3.53. The van der Waals surface area contributed by atoms with Gasteiger partial charge in [0.25, 0.3) is 5.91 Å². The topological polar surface area (TPSA) is 23.6 Å². The summed E-state index contributed by atoms with van der Waals surface area (Å²) in [6.07, 6.45) is 2.11. The first-order valence-corrected chi connectivity index (χ1v) is 10.1. The van der Waals surface area contributed by atoms with Crippen molar-refractivity contribution in [3.05, 3.63) is 88.9 Å². The van der Waals surface area contributed by atoms with Gasteiger partial charge in [0.05, 0.1) is 29.2 Å². The Morgan fingerprint density at radius 2 is 1.57 bits per heavy atom. The Bertz CT molecular complexity index is 987. The molecule has 0 bridgehead atoms. The molecule has 0 radical (unpaired) electrons. The van der Waals surface area contributed by atoms with Gasteiger partial charge in [0.2, 0.25) is 0 Å². The maximum Gasteiger partial charge on any atom is 0.260 e. The van der Waals surface area contributed by atoms with Crippen LogP contribution in [0.4, 0.5) is 17.1 Å². The average Bonchev–Trinajstić information content (AvgIpc) is 2.81. The summed E-state index contributed by atoms with van der Waals surface area (Å²) in [5.41, 5.74) is 4.64. The maximum absolute atomic E-state index is 13.6. The molecule has 1 amide bonds. The molecule has 4 rings (SSSR count). The predicted octanol–water partition coefficient (Wildman–Crippen LogP) is 6.44. The third-order valence-corrected chi connectivity index (χ3v) is 5.34. The molecule has 3 nitrogen and oxygen atoms in total. The number of halogens is 1. The van der Waals surface area contributed by atoms with Gasteiger partial charge in [-0.15, -0.1) is 0 Å². The SMILES string of the molecule is CCCCN1c2ccccc2C(=O)N(Cc2ccccc2)c2ccc(Cl)cc21. The summed E-state index contributed by atoms with van der Waals surface area (Å²) in [7, 11) is 0. The molecule has 3 aromatic carbocycles. The fourth-order valence-electron chi connectivity index (χ4n) is 3.70. The highest BCUT2D eigenvalue weighted by Gasteiger charge is 2.30. The van der Waals surface area contributed by atoms with Gasteiger partial charge >= 0.3 is 0 Å². The summed E-state index contributed by atoms with van der Waals surface area (Å²) in [5, 5.41) is 0.673. The Kier molecular flexibility index (Phi) is 5.36. The smallest absolute Gasteiger partial charge is 0.260 e. The molecule has 1 aliphatic rings. The summed E-state index contributed by atoms with van der Waals surface area (Å²) < 4.78 is 0. The molecule has 142 valence electrons. The third kappa shape index (κ3) is 3.50. The van der Waals surface area contributed by atoms with Crippen LogP contribution >= 0.6 is 11.6 Å². The lowest BCUT2D eigenvalue weighted by molar-refractivity contribution is 0.0986. The fourth-order valence-corrected chi connectivity index (χ4v) is 3.86. The molecule has 0 aliphatic carbocycles. The van der Waals surface area contributed by atoms with Crippen molar-refractivity contribution in [2.45, 2.75) is 26.3 Å². The molecular weight excluding hydrogens is 368 g/mol. The van der Waals surface area contributed by atoms with E-state index >= 15 is 0 Å². The molecule has 0 N–H and O–H groups in total. The second-order valence-electron chi connectivity index (χ2n) is 7.03. The van der Waals surface area contributed by atoms with E-state index in [2.05, 4.69) is 24.0 Å². The van der Waals surface area contributed by atoms with E-state index in [-0.39, 0.29) is 5.91 Å². The van der Waals surface area contributed by atoms with E-state index < -0.39 is 0 Å². The number of anilines is 3. The van der Waals surface area contributed by atoms with Crippen LogP contribution in [0.1, 0.15) is 35.7 Å². The lowest BCUT2D eigenvalue weighted by Gasteiger charge is -2.27. The zero-order chi connectivity index (χ0) is 19.5. The van der Waals surface area contributed by atoms with E-state index in [9.17, 15) is 4.79 Å². The highest BCUT2D eigenvalue weighted by Crippen LogP contribution is 2.42. The van der Waals surface area contributed by atoms with Crippen molar-refractivity contribution in [3.63, 3.8) is 0 Å². The molecule has 0 fully saturated rings. The van der Waals surface area contributed by atoms with Crippen molar-refractivity contribution in [1.29, 1.82) is 0 Å². The van der Waals surface area contributed by atoms with Crippen LogP contribution in [0.2, 0.25) is 5.02 Å². The second kappa shape index (κ2) is 8.07. The first-order chi connectivity index (χ1) is 13.7. The van der Waals surface area contributed by atoms with Crippen molar-refractivity contribution in [1.82, 2.24) is 0 Å². The minimum atomic E-state index is 0.0158. The number of nitrogens with zero attached hydrogens (tertiary/aromatic N) is 2. The second-order valence-corrected chi connectivity index (χ2v) is 7.47. The lowest BCUT2D eigenvalue weighted by Crippen LogP contribution is -2.29. The van der Waals surface area contributed by atoms with E-state index in [0.717, 1.165) is 47.6 Å². The zero-order valence-corrected chi connectivity index (χ0v) is 16.7. The number of para-hydroxylation sites is 1.